The van der Waals surface area contributed by atoms with Gasteiger partial charge in [0.1, 0.15) is 0 Å². The Morgan fingerprint density at radius 3 is 2.92 bits per heavy atom. The van der Waals surface area contributed by atoms with Crippen molar-refractivity contribution < 1.29 is 13.2 Å². The third-order valence-corrected chi connectivity index (χ3v) is 6.89. The summed E-state index contributed by atoms with van der Waals surface area (Å²) in [5.41, 5.74) is 1.76. The molecule has 1 aromatic heterocycles. The highest BCUT2D eigenvalue weighted by atomic mass is 32.2. The van der Waals surface area contributed by atoms with Crippen molar-refractivity contribution in [3.63, 3.8) is 0 Å². The first-order valence-electron chi connectivity index (χ1n) is 8.18. The Morgan fingerprint density at radius 2 is 2.20 bits per heavy atom. The second-order valence-corrected chi connectivity index (χ2v) is 9.07. The lowest BCUT2D eigenvalue weighted by Crippen LogP contribution is -2.44. The van der Waals surface area contributed by atoms with Gasteiger partial charge < -0.3 is 5.32 Å². The Hall–Kier alpha value is -1.77. The Kier molecular flexibility index (Phi) is 5.51. The molecule has 3 rings (SSSR count). The SMILES string of the molecule is Cc1ccccc1CS(=O)(=O)N1CCC[C@@H](C(=O)Nc2nccs2)C1. The van der Waals surface area contributed by atoms with Crippen molar-refractivity contribution >= 4 is 32.4 Å². The van der Waals surface area contributed by atoms with Crippen molar-refractivity contribution in [2.45, 2.75) is 25.5 Å². The molecular formula is C17H21N3O3S2. The zero-order valence-electron chi connectivity index (χ0n) is 14.0. The van der Waals surface area contributed by atoms with Gasteiger partial charge in [-0.05, 0) is 30.9 Å². The molecule has 2 aromatic rings. The van der Waals surface area contributed by atoms with Gasteiger partial charge >= 0.3 is 0 Å². The first-order chi connectivity index (χ1) is 12.0. The van der Waals surface area contributed by atoms with E-state index in [1.165, 1.54) is 15.6 Å². The fraction of sp³-hybridized carbons (Fsp3) is 0.412. The smallest absolute Gasteiger partial charge is 0.230 e. The molecule has 0 unspecified atom stereocenters. The van der Waals surface area contributed by atoms with Crippen molar-refractivity contribution in [2.75, 3.05) is 18.4 Å². The molecule has 0 radical (unpaired) electrons. The maximum absolute atomic E-state index is 12.8. The number of amides is 1. The maximum Gasteiger partial charge on any atom is 0.230 e. The minimum Gasteiger partial charge on any atom is -0.302 e. The summed E-state index contributed by atoms with van der Waals surface area (Å²) in [5.74, 6) is -0.532. The molecule has 1 amide bonds. The monoisotopic (exact) mass is 379 g/mol. The van der Waals surface area contributed by atoms with Gasteiger partial charge in [-0.3, -0.25) is 4.79 Å². The Labute approximate surface area is 151 Å². The van der Waals surface area contributed by atoms with Gasteiger partial charge in [0.05, 0.1) is 11.7 Å². The van der Waals surface area contributed by atoms with Gasteiger partial charge in [-0.2, -0.15) is 0 Å². The molecular weight excluding hydrogens is 358 g/mol. The summed E-state index contributed by atoms with van der Waals surface area (Å²) >= 11 is 1.35. The molecule has 0 aliphatic carbocycles. The van der Waals surface area contributed by atoms with Crippen LogP contribution in [0.2, 0.25) is 0 Å². The number of piperidine rings is 1. The number of aryl methyl sites for hydroxylation is 1. The molecule has 0 spiro atoms. The average Bonchev–Trinajstić information content (AvgIpc) is 3.10. The first-order valence-corrected chi connectivity index (χ1v) is 10.7. The molecule has 8 heteroatoms. The number of aromatic nitrogens is 1. The van der Waals surface area contributed by atoms with E-state index >= 15 is 0 Å². The number of anilines is 1. The fourth-order valence-electron chi connectivity index (χ4n) is 2.96. The zero-order valence-corrected chi connectivity index (χ0v) is 15.6. The van der Waals surface area contributed by atoms with Crippen molar-refractivity contribution in [3.05, 3.63) is 47.0 Å². The number of hydrogen-bond donors (Lipinski definition) is 1. The Morgan fingerprint density at radius 1 is 1.40 bits per heavy atom. The summed E-state index contributed by atoms with van der Waals surface area (Å²) < 4.78 is 27.0. The number of nitrogens with zero attached hydrogens (tertiary/aromatic N) is 2. The molecule has 1 N–H and O–H groups in total. The van der Waals surface area contributed by atoms with Crippen LogP contribution < -0.4 is 5.32 Å². The molecule has 2 heterocycles. The predicted octanol–water partition coefficient (Wildman–Crippen LogP) is 2.63. The van der Waals surface area contributed by atoms with E-state index in [2.05, 4.69) is 10.3 Å². The van der Waals surface area contributed by atoms with Crippen LogP contribution in [-0.4, -0.2) is 36.7 Å². The molecule has 0 bridgehead atoms. The third kappa shape index (κ3) is 4.45. The van der Waals surface area contributed by atoms with Crippen LogP contribution in [0.4, 0.5) is 5.13 Å². The number of nitrogens with one attached hydrogen (secondary N) is 1. The number of thiazole rings is 1. The number of carbonyl (C=O) groups excluding carboxylic acids is 1. The molecule has 134 valence electrons. The van der Waals surface area contributed by atoms with Crippen molar-refractivity contribution in [3.8, 4) is 0 Å². The van der Waals surface area contributed by atoms with E-state index in [-0.39, 0.29) is 24.1 Å². The Balaban J connectivity index is 1.67. The molecule has 1 aromatic carbocycles. The largest absolute Gasteiger partial charge is 0.302 e. The van der Waals surface area contributed by atoms with E-state index in [4.69, 9.17) is 0 Å². The van der Waals surface area contributed by atoms with Crippen LogP contribution in [0.3, 0.4) is 0 Å². The molecule has 1 atom stereocenters. The summed E-state index contributed by atoms with van der Waals surface area (Å²) in [6, 6.07) is 7.48. The van der Waals surface area contributed by atoms with Crippen molar-refractivity contribution in [1.82, 2.24) is 9.29 Å². The van der Waals surface area contributed by atoms with Crippen molar-refractivity contribution in [2.24, 2.45) is 5.92 Å². The number of rotatable bonds is 5. The molecule has 1 aliphatic rings. The summed E-state index contributed by atoms with van der Waals surface area (Å²) in [6.45, 7) is 2.60. The highest BCUT2D eigenvalue weighted by Crippen LogP contribution is 2.24. The lowest BCUT2D eigenvalue weighted by molar-refractivity contribution is -0.120. The van der Waals surface area contributed by atoms with E-state index in [9.17, 15) is 13.2 Å². The molecule has 1 aliphatic heterocycles. The average molecular weight is 380 g/mol. The van der Waals surface area contributed by atoms with E-state index in [0.717, 1.165) is 11.1 Å². The summed E-state index contributed by atoms with van der Waals surface area (Å²) in [4.78, 5) is 16.4. The number of hydrogen-bond acceptors (Lipinski definition) is 5. The van der Waals surface area contributed by atoms with Gasteiger partial charge in [0.25, 0.3) is 0 Å². The third-order valence-electron chi connectivity index (χ3n) is 4.41. The number of carbonyl (C=O) groups is 1. The summed E-state index contributed by atoms with van der Waals surface area (Å²) in [6.07, 6.45) is 3.00. The van der Waals surface area contributed by atoms with E-state index < -0.39 is 10.0 Å². The van der Waals surface area contributed by atoms with Crippen LogP contribution in [0.15, 0.2) is 35.8 Å². The van der Waals surface area contributed by atoms with Crippen LogP contribution in [0, 0.1) is 12.8 Å². The van der Waals surface area contributed by atoms with Gasteiger partial charge in [0.2, 0.25) is 15.9 Å². The first kappa shape index (κ1) is 18.0. The highest BCUT2D eigenvalue weighted by Gasteiger charge is 2.32. The Bertz CT molecular complexity index is 835. The molecule has 1 fully saturated rings. The minimum absolute atomic E-state index is 0.0273. The second-order valence-electron chi connectivity index (χ2n) is 6.21. The van der Waals surface area contributed by atoms with Crippen molar-refractivity contribution in [1.29, 1.82) is 0 Å². The van der Waals surface area contributed by atoms with Gasteiger partial charge in [-0.25, -0.2) is 17.7 Å². The molecule has 1 saturated heterocycles. The zero-order chi connectivity index (χ0) is 17.9. The van der Waals surface area contributed by atoms with Gasteiger partial charge in [-0.1, -0.05) is 24.3 Å². The van der Waals surface area contributed by atoms with Crippen LogP contribution in [0.25, 0.3) is 0 Å². The van der Waals surface area contributed by atoms with Crippen LogP contribution >= 0.6 is 11.3 Å². The molecule has 0 saturated carbocycles. The highest BCUT2D eigenvalue weighted by molar-refractivity contribution is 7.88. The topological polar surface area (TPSA) is 79.4 Å². The lowest BCUT2D eigenvalue weighted by Gasteiger charge is -2.31. The van der Waals surface area contributed by atoms with E-state index in [1.54, 1.807) is 11.6 Å². The van der Waals surface area contributed by atoms with Crippen LogP contribution in [0.5, 0.6) is 0 Å². The minimum atomic E-state index is -3.45. The lowest BCUT2D eigenvalue weighted by atomic mass is 9.99. The molecule has 6 nitrogen and oxygen atoms in total. The summed E-state index contributed by atoms with van der Waals surface area (Å²) in [5, 5.41) is 5.10. The fourth-order valence-corrected chi connectivity index (χ4v) is 5.21. The predicted molar refractivity (Wildman–Crippen MR) is 98.8 cm³/mol. The van der Waals surface area contributed by atoms with E-state index in [0.29, 0.717) is 24.5 Å². The molecule has 25 heavy (non-hydrogen) atoms. The summed E-state index contributed by atoms with van der Waals surface area (Å²) in [7, 11) is -3.45. The normalized spacial score (nSPS) is 18.8. The van der Waals surface area contributed by atoms with Crippen LogP contribution in [0.1, 0.15) is 24.0 Å². The van der Waals surface area contributed by atoms with Gasteiger partial charge in [-0.15, -0.1) is 11.3 Å². The van der Waals surface area contributed by atoms with Gasteiger partial charge in [0, 0.05) is 24.7 Å². The standard InChI is InChI=1S/C17H21N3O3S2/c1-13-5-2-3-6-15(13)12-25(22,23)20-9-4-7-14(11-20)16(21)19-17-18-8-10-24-17/h2-3,5-6,8,10,14H,4,7,9,11-12H2,1H3,(H,18,19,21)/t14-/m1/s1. The van der Waals surface area contributed by atoms with Crippen LogP contribution in [-0.2, 0) is 20.6 Å². The van der Waals surface area contributed by atoms with Gasteiger partial charge in [0.15, 0.2) is 5.13 Å². The maximum atomic E-state index is 12.8. The second kappa shape index (κ2) is 7.63. The number of sulfonamides is 1. The number of benzene rings is 1. The van der Waals surface area contributed by atoms with E-state index in [1.807, 2.05) is 31.2 Å². The quantitative estimate of drug-likeness (QED) is 0.866.